The molecule has 4 rings (SSSR count). The number of rotatable bonds is 5. The summed E-state index contributed by atoms with van der Waals surface area (Å²) >= 11 is 5.78. The summed E-state index contributed by atoms with van der Waals surface area (Å²) in [5.41, 5.74) is 2.20. The zero-order chi connectivity index (χ0) is 19.6. The molecule has 2 fully saturated rings. The minimum atomic E-state index is -0.341. The molecule has 0 N–H and O–H groups in total. The van der Waals surface area contributed by atoms with Crippen molar-refractivity contribution in [3.05, 3.63) is 64.7 Å². The number of nitrogens with zero attached hydrogens (tertiary/aromatic N) is 3. The van der Waals surface area contributed by atoms with E-state index in [2.05, 4.69) is 27.9 Å². The van der Waals surface area contributed by atoms with E-state index >= 15 is 0 Å². The van der Waals surface area contributed by atoms with Crippen molar-refractivity contribution >= 4 is 11.6 Å². The molecule has 0 saturated carbocycles. The lowest BCUT2D eigenvalue weighted by Crippen LogP contribution is -2.44. The second-order valence-electron chi connectivity index (χ2n) is 8.15. The number of hydrogen-bond acceptors (Lipinski definition) is 4. The number of benzene rings is 1. The van der Waals surface area contributed by atoms with Gasteiger partial charge in [-0.25, -0.2) is 4.39 Å². The van der Waals surface area contributed by atoms with Gasteiger partial charge in [0, 0.05) is 44.6 Å². The quantitative estimate of drug-likeness (QED) is 0.750. The number of piperidine rings is 1. The summed E-state index contributed by atoms with van der Waals surface area (Å²) in [5.74, 6) is -0.341. The van der Waals surface area contributed by atoms with Crippen LogP contribution in [0.2, 0.25) is 5.02 Å². The highest BCUT2D eigenvalue weighted by Gasteiger charge is 2.43. The highest BCUT2D eigenvalue weighted by molar-refractivity contribution is 6.30. The smallest absolute Gasteiger partial charge is 0.142 e. The summed E-state index contributed by atoms with van der Waals surface area (Å²) in [7, 11) is 2.17. The second-order valence-corrected chi connectivity index (χ2v) is 8.56. The molecule has 1 aromatic heterocycles. The minimum absolute atomic E-state index is 0.00435. The normalized spacial score (nSPS) is 22.2. The van der Waals surface area contributed by atoms with Crippen LogP contribution in [-0.4, -0.2) is 53.2 Å². The zero-order valence-corrected chi connectivity index (χ0v) is 17.0. The lowest BCUT2D eigenvalue weighted by Gasteiger charge is -2.39. The third-order valence-electron chi connectivity index (χ3n) is 6.13. The molecule has 2 aromatic rings. The molecule has 0 radical (unpaired) electrons. The third-order valence-corrected chi connectivity index (χ3v) is 6.43. The minimum Gasteiger partial charge on any atom is -0.373 e. The van der Waals surface area contributed by atoms with Crippen LogP contribution in [0.5, 0.6) is 0 Å². The van der Waals surface area contributed by atoms with Gasteiger partial charge >= 0.3 is 0 Å². The largest absolute Gasteiger partial charge is 0.373 e. The number of halogens is 2. The van der Waals surface area contributed by atoms with Gasteiger partial charge in [0.1, 0.15) is 5.82 Å². The number of pyridine rings is 1. The van der Waals surface area contributed by atoms with E-state index in [0.29, 0.717) is 6.04 Å². The summed E-state index contributed by atoms with van der Waals surface area (Å²) in [6.45, 7) is 4.40. The van der Waals surface area contributed by atoms with Crippen molar-refractivity contribution in [2.24, 2.45) is 0 Å². The van der Waals surface area contributed by atoms with Crippen LogP contribution >= 0.6 is 11.6 Å². The Morgan fingerprint density at radius 2 is 2.11 bits per heavy atom. The fourth-order valence-corrected chi connectivity index (χ4v) is 4.49. The maximum atomic E-state index is 13.7. The van der Waals surface area contributed by atoms with Crippen LogP contribution in [0.1, 0.15) is 30.4 Å². The summed E-state index contributed by atoms with van der Waals surface area (Å²) in [4.78, 5) is 8.97. The van der Waals surface area contributed by atoms with E-state index in [1.54, 1.807) is 12.1 Å². The van der Waals surface area contributed by atoms with Crippen molar-refractivity contribution in [2.45, 2.75) is 44.0 Å². The first-order chi connectivity index (χ1) is 13.5. The molecule has 0 amide bonds. The van der Waals surface area contributed by atoms with Crippen molar-refractivity contribution < 1.29 is 9.13 Å². The fourth-order valence-electron chi connectivity index (χ4n) is 4.38. The first-order valence-corrected chi connectivity index (χ1v) is 10.3. The van der Waals surface area contributed by atoms with Crippen LogP contribution in [0.25, 0.3) is 0 Å². The van der Waals surface area contributed by atoms with Gasteiger partial charge in [0.2, 0.25) is 0 Å². The number of aromatic nitrogens is 1. The van der Waals surface area contributed by atoms with Crippen LogP contribution in [0, 0.1) is 5.82 Å². The molecule has 2 aliphatic heterocycles. The Hall–Kier alpha value is -1.53. The summed E-state index contributed by atoms with van der Waals surface area (Å²) in [5, 5.41) is 0.183. The molecule has 150 valence electrons. The molecule has 2 saturated heterocycles. The van der Waals surface area contributed by atoms with Crippen molar-refractivity contribution in [3.63, 3.8) is 0 Å². The number of likely N-dealkylation sites (N-methyl/N-ethyl adjacent to an activating group) is 1. The van der Waals surface area contributed by atoms with Gasteiger partial charge in [-0.3, -0.25) is 14.8 Å². The van der Waals surface area contributed by atoms with Crippen molar-refractivity contribution in [3.8, 4) is 0 Å². The molecule has 1 atom stereocenters. The number of likely N-dealkylation sites (tertiary alicyclic amines) is 1. The molecule has 4 nitrogen and oxygen atoms in total. The number of hydrogen-bond donors (Lipinski definition) is 0. The topological polar surface area (TPSA) is 28.6 Å². The highest BCUT2D eigenvalue weighted by Crippen LogP contribution is 2.38. The van der Waals surface area contributed by atoms with E-state index in [1.807, 2.05) is 24.5 Å². The van der Waals surface area contributed by atoms with Crippen LogP contribution in [0.15, 0.2) is 42.7 Å². The first kappa shape index (κ1) is 19.8. The molecular formula is C22H27ClFN3O. The van der Waals surface area contributed by atoms with Gasteiger partial charge in [0.15, 0.2) is 0 Å². The maximum absolute atomic E-state index is 13.7. The molecule has 0 aliphatic carbocycles. The lowest BCUT2D eigenvalue weighted by molar-refractivity contribution is -0.0452. The molecular weight excluding hydrogens is 377 g/mol. The Kier molecular flexibility index (Phi) is 5.97. The van der Waals surface area contributed by atoms with E-state index in [-0.39, 0.29) is 16.4 Å². The molecule has 0 unspecified atom stereocenters. The van der Waals surface area contributed by atoms with Gasteiger partial charge in [0.25, 0.3) is 0 Å². The van der Waals surface area contributed by atoms with Crippen LogP contribution in [0.3, 0.4) is 0 Å². The van der Waals surface area contributed by atoms with Gasteiger partial charge in [-0.15, -0.1) is 0 Å². The second kappa shape index (κ2) is 8.46. The summed E-state index contributed by atoms with van der Waals surface area (Å²) in [6, 6.07) is 9.64. The summed E-state index contributed by atoms with van der Waals surface area (Å²) in [6.07, 6.45) is 6.87. The molecule has 1 aromatic carbocycles. The first-order valence-electron chi connectivity index (χ1n) is 9.92. The van der Waals surface area contributed by atoms with Crippen LogP contribution in [0.4, 0.5) is 4.39 Å². The molecule has 0 bridgehead atoms. The number of ether oxygens (including phenoxy) is 1. The Morgan fingerprint density at radius 1 is 1.29 bits per heavy atom. The Labute approximate surface area is 171 Å². The average molecular weight is 404 g/mol. The molecule has 28 heavy (non-hydrogen) atoms. The SMILES string of the molecule is CN(Cc1cccnc1)[C@@H]1COC2(CCN(Cc3ccc(Cl)c(F)c3)CC2)C1. The van der Waals surface area contributed by atoms with Gasteiger partial charge in [0.05, 0.1) is 17.2 Å². The molecule has 3 heterocycles. The van der Waals surface area contributed by atoms with Crippen molar-refractivity contribution in [1.82, 2.24) is 14.8 Å². The lowest BCUT2D eigenvalue weighted by atomic mass is 9.87. The zero-order valence-electron chi connectivity index (χ0n) is 16.3. The molecule has 1 spiro atoms. The average Bonchev–Trinajstić information content (AvgIpc) is 3.12. The Morgan fingerprint density at radius 3 is 2.82 bits per heavy atom. The van der Waals surface area contributed by atoms with E-state index in [9.17, 15) is 4.39 Å². The van der Waals surface area contributed by atoms with E-state index in [0.717, 1.165) is 57.6 Å². The fraction of sp³-hybridized carbons (Fsp3) is 0.500. The van der Waals surface area contributed by atoms with Gasteiger partial charge < -0.3 is 4.74 Å². The van der Waals surface area contributed by atoms with Crippen LogP contribution < -0.4 is 0 Å². The van der Waals surface area contributed by atoms with Gasteiger partial charge in [-0.1, -0.05) is 23.7 Å². The predicted octanol–water partition coefficient (Wildman–Crippen LogP) is 4.13. The van der Waals surface area contributed by atoms with E-state index in [1.165, 1.54) is 5.56 Å². The van der Waals surface area contributed by atoms with Gasteiger partial charge in [-0.05, 0) is 55.6 Å². The molecule has 2 aliphatic rings. The van der Waals surface area contributed by atoms with Crippen LogP contribution in [-0.2, 0) is 17.8 Å². The van der Waals surface area contributed by atoms with Crippen molar-refractivity contribution in [1.29, 1.82) is 0 Å². The Bertz CT molecular complexity index is 796. The molecule has 6 heteroatoms. The predicted molar refractivity (Wildman–Crippen MR) is 109 cm³/mol. The summed E-state index contributed by atoms with van der Waals surface area (Å²) < 4.78 is 20.0. The monoisotopic (exact) mass is 403 g/mol. The third kappa shape index (κ3) is 4.54. The van der Waals surface area contributed by atoms with E-state index < -0.39 is 0 Å². The van der Waals surface area contributed by atoms with Crippen molar-refractivity contribution in [2.75, 3.05) is 26.7 Å². The van der Waals surface area contributed by atoms with E-state index in [4.69, 9.17) is 16.3 Å². The Balaban J connectivity index is 1.29. The standard InChI is InChI=1S/C22H27ClFN3O/c1-26(14-18-3-2-8-25-13-18)19-12-22(28-16-19)6-9-27(10-7-22)15-17-4-5-20(23)21(24)11-17/h2-5,8,11,13,19H,6-7,9-10,12,14-16H2,1H3/t19-/m0/s1. The maximum Gasteiger partial charge on any atom is 0.142 e. The highest BCUT2D eigenvalue weighted by atomic mass is 35.5. The van der Waals surface area contributed by atoms with Gasteiger partial charge in [-0.2, -0.15) is 0 Å².